The summed E-state index contributed by atoms with van der Waals surface area (Å²) in [7, 11) is 0. The minimum Gasteiger partial charge on any atom is -0.394 e. The van der Waals surface area contributed by atoms with Gasteiger partial charge in [0, 0.05) is 5.56 Å². The van der Waals surface area contributed by atoms with Gasteiger partial charge in [0.2, 0.25) is 0 Å². The van der Waals surface area contributed by atoms with E-state index in [4.69, 9.17) is 0 Å². The van der Waals surface area contributed by atoms with Crippen molar-refractivity contribution in [3.8, 4) is 0 Å². The van der Waals surface area contributed by atoms with Crippen LogP contribution < -0.4 is 5.32 Å². The molecule has 0 radical (unpaired) electrons. The zero-order valence-corrected chi connectivity index (χ0v) is 11.2. The number of carbonyl (C=O) groups excluding carboxylic acids is 1. The molecule has 0 saturated carbocycles. The maximum absolute atomic E-state index is 12.2. The van der Waals surface area contributed by atoms with Gasteiger partial charge in [-0.1, -0.05) is 13.8 Å². The Hall–Kier alpha value is -1.88. The predicted octanol–water partition coefficient (Wildman–Crippen LogP) is 1.84. The summed E-state index contributed by atoms with van der Waals surface area (Å²) in [6.45, 7) is 3.86. The van der Waals surface area contributed by atoms with E-state index in [1.54, 1.807) is 24.5 Å². The van der Waals surface area contributed by atoms with E-state index in [0.717, 1.165) is 11.0 Å². The van der Waals surface area contributed by atoms with Crippen molar-refractivity contribution >= 4 is 16.9 Å². The number of aromatic nitrogens is 2. The summed E-state index contributed by atoms with van der Waals surface area (Å²) < 4.78 is 0. The van der Waals surface area contributed by atoms with E-state index in [-0.39, 0.29) is 12.5 Å². The molecule has 0 aliphatic carbocycles. The second kappa shape index (κ2) is 5.40. The smallest absolute Gasteiger partial charge is 0.251 e. The van der Waals surface area contributed by atoms with Crippen LogP contribution in [-0.2, 0) is 0 Å². The molecule has 2 rings (SSSR count). The molecule has 5 heteroatoms. The van der Waals surface area contributed by atoms with Crippen molar-refractivity contribution in [2.75, 3.05) is 6.61 Å². The normalized spacial score (nSPS) is 11.7. The van der Waals surface area contributed by atoms with E-state index >= 15 is 0 Å². The topological polar surface area (TPSA) is 78.0 Å². The van der Waals surface area contributed by atoms with E-state index in [0.29, 0.717) is 18.4 Å². The van der Waals surface area contributed by atoms with Crippen molar-refractivity contribution in [3.63, 3.8) is 0 Å². The first-order valence-electron chi connectivity index (χ1n) is 6.50. The molecule has 3 N–H and O–H groups in total. The summed E-state index contributed by atoms with van der Waals surface area (Å²) in [6, 6.07) is 5.32. The third-order valence-corrected chi connectivity index (χ3v) is 3.72. The monoisotopic (exact) mass is 261 g/mol. The lowest BCUT2D eigenvalue weighted by molar-refractivity contribution is 0.0818. The van der Waals surface area contributed by atoms with Gasteiger partial charge in [-0.3, -0.25) is 4.79 Å². The van der Waals surface area contributed by atoms with Crippen LogP contribution in [0.4, 0.5) is 0 Å². The summed E-state index contributed by atoms with van der Waals surface area (Å²) >= 11 is 0. The third-order valence-electron chi connectivity index (χ3n) is 3.72. The number of hydrogen-bond donors (Lipinski definition) is 3. The third kappa shape index (κ3) is 2.61. The molecule has 0 aliphatic rings. The fourth-order valence-corrected chi connectivity index (χ4v) is 2.08. The number of aliphatic hydroxyl groups is 1. The van der Waals surface area contributed by atoms with Crippen molar-refractivity contribution in [3.05, 3.63) is 30.1 Å². The maximum atomic E-state index is 12.2. The second-order valence-corrected chi connectivity index (χ2v) is 4.73. The van der Waals surface area contributed by atoms with Crippen LogP contribution >= 0.6 is 0 Å². The zero-order valence-electron chi connectivity index (χ0n) is 11.2. The fraction of sp³-hybridized carbons (Fsp3) is 0.429. The maximum Gasteiger partial charge on any atom is 0.251 e. The lowest BCUT2D eigenvalue weighted by atomic mass is 9.93. The zero-order chi connectivity index (χ0) is 13.9. The Bertz CT molecular complexity index is 565. The Morgan fingerprint density at radius 2 is 2.16 bits per heavy atom. The molecule has 1 aromatic carbocycles. The van der Waals surface area contributed by atoms with Gasteiger partial charge in [-0.2, -0.15) is 0 Å². The minimum atomic E-state index is -0.542. The molecule has 0 bridgehead atoms. The number of hydrogen-bond acceptors (Lipinski definition) is 3. The largest absolute Gasteiger partial charge is 0.394 e. The molecule has 19 heavy (non-hydrogen) atoms. The van der Waals surface area contributed by atoms with E-state index in [1.807, 2.05) is 13.8 Å². The van der Waals surface area contributed by atoms with Gasteiger partial charge < -0.3 is 15.4 Å². The molecular formula is C14H19N3O2. The van der Waals surface area contributed by atoms with Crippen molar-refractivity contribution in [2.24, 2.45) is 0 Å². The number of aliphatic hydroxyl groups excluding tert-OH is 1. The van der Waals surface area contributed by atoms with Crippen LogP contribution in [0.5, 0.6) is 0 Å². The van der Waals surface area contributed by atoms with E-state index in [9.17, 15) is 9.90 Å². The quantitative estimate of drug-likeness (QED) is 0.768. The standard InChI is InChI=1S/C14H19N3O2/c1-3-14(4-2,8-18)17-13(19)10-5-6-11-12(7-10)16-9-15-11/h5-7,9,18H,3-4,8H2,1-2H3,(H,15,16)(H,17,19). The van der Waals surface area contributed by atoms with Crippen LogP contribution in [0, 0.1) is 0 Å². The van der Waals surface area contributed by atoms with Gasteiger partial charge >= 0.3 is 0 Å². The summed E-state index contributed by atoms with van der Waals surface area (Å²) in [5, 5.41) is 12.4. The van der Waals surface area contributed by atoms with Crippen LogP contribution in [0.2, 0.25) is 0 Å². The Labute approximate surface area is 112 Å². The van der Waals surface area contributed by atoms with Crippen molar-refractivity contribution in [1.82, 2.24) is 15.3 Å². The van der Waals surface area contributed by atoms with Crippen molar-refractivity contribution in [1.29, 1.82) is 0 Å². The molecule has 1 heterocycles. The minimum absolute atomic E-state index is 0.0575. The number of nitrogens with one attached hydrogen (secondary N) is 2. The molecule has 0 atom stereocenters. The number of benzene rings is 1. The molecular weight excluding hydrogens is 242 g/mol. The van der Waals surface area contributed by atoms with Crippen LogP contribution in [0.15, 0.2) is 24.5 Å². The first kappa shape index (κ1) is 13.5. The first-order valence-corrected chi connectivity index (χ1v) is 6.50. The molecule has 0 fully saturated rings. The highest BCUT2D eigenvalue weighted by atomic mass is 16.3. The first-order chi connectivity index (χ1) is 9.14. The lowest BCUT2D eigenvalue weighted by Gasteiger charge is -2.30. The molecule has 1 aromatic heterocycles. The summed E-state index contributed by atoms with van der Waals surface area (Å²) in [5.74, 6) is -0.172. The van der Waals surface area contributed by atoms with Gasteiger partial charge in [-0.05, 0) is 31.0 Å². The Morgan fingerprint density at radius 3 is 2.79 bits per heavy atom. The number of rotatable bonds is 5. The SMILES string of the molecule is CCC(CC)(CO)NC(=O)c1ccc2nc[nH]c2c1. The Morgan fingerprint density at radius 1 is 1.42 bits per heavy atom. The number of fused-ring (bicyclic) bond motifs is 1. The number of amides is 1. The average Bonchev–Trinajstić information content (AvgIpc) is 2.92. The molecule has 1 amide bonds. The average molecular weight is 261 g/mol. The van der Waals surface area contributed by atoms with Gasteiger partial charge in [-0.25, -0.2) is 4.98 Å². The molecule has 0 spiro atoms. The highest BCUT2D eigenvalue weighted by Gasteiger charge is 2.27. The molecule has 0 saturated heterocycles. The summed E-state index contributed by atoms with van der Waals surface area (Å²) in [4.78, 5) is 19.3. The van der Waals surface area contributed by atoms with Gasteiger partial charge in [-0.15, -0.1) is 0 Å². The summed E-state index contributed by atoms with van der Waals surface area (Å²) in [6.07, 6.45) is 2.98. The number of imidazole rings is 1. The molecule has 2 aromatic rings. The lowest BCUT2D eigenvalue weighted by Crippen LogP contribution is -2.50. The molecule has 0 unspecified atom stereocenters. The fourth-order valence-electron chi connectivity index (χ4n) is 2.08. The van der Waals surface area contributed by atoms with Gasteiger partial charge in [0.1, 0.15) is 0 Å². The highest BCUT2D eigenvalue weighted by Crippen LogP contribution is 2.17. The number of carbonyl (C=O) groups is 1. The summed E-state index contributed by atoms with van der Waals surface area (Å²) in [5.41, 5.74) is 1.68. The number of H-pyrrole nitrogens is 1. The van der Waals surface area contributed by atoms with Gasteiger partial charge in [0.05, 0.1) is 29.5 Å². The van der Waals surface area contributed by atoms with E-state index < -0.39 is 5.54 Å². The van der Waals surface area contributed by atoms with Crippen LogP contribution in [0.25, 0.3) is 11.0 Å². The van der Waals surface area contributed by atoms with Crippen LogP contribution in [0.3, 0.4) is 0 Å². The van der Waals surface area contributed by atoms with Crippen LogP contribution in [0.1, 0.15) is 37.0 Å². The Kier molecular flexibility index (Phi) is 3.85. The van der Waals surface area contributed by atoms with Crippen LogP contribution in [-0.4, -0.2) is 33.1 Å². The van der Waals surface area contributed by atoms with E-state index in [1.165, 1.54) is 0 Å². The number of aromatic amines is 1. The molecule has 102 valence electrons. The van der Waals surface area contributed by atoms with Crippen molar-refractivity contribution < 1.29 is 9.90 Å². The Balaban J connectivity index is 2.23. The predicted molar refractivity (Wildman–Crippen MR) is 74.0 cm³/mol. The van der Waals surface area contributed by atoms with Gasteiger partial charge in [0.25, 0.3) is 5.91 Å². The highest BCUT2D eigenvalue weighted by molar-refractivity contribution is 5.97. The second-order valence-electron chi connectivity index (χ2n) is 4.73. The number of nitrogens with zero attached hydrogens (tertiary/aromatic N) is 1. The molecule has 5 nitrogen and oxygen atoms in total. The van der Waals surface area contributed by atoms with Gasteiger partial charge in [0.15, 0.2) is 0 Å². The molecule has 0 aliphatic heterocycles. The van der Waals surface area contributed by atoms with Crippen molar-refractivity contribution in [2.45, 2.75) is 32.2 Å². The van der Waals surface area contributed by atoms with E-state index in [2.05, 4.69) is 15.3 Å².